The number of carbonyl (C=O) groups is 1. The standard InChI is InChI=1S/C13H17NO5S/c1-10-3-4-11(12(9-10)19-20(2,16)17)13(15)14-5-7-18-8-6-14/h3-4,9H,5-8H2,1-2H3. The third-order valence-electron chi connectivity index (χ3n) is 2.91. The van der Waals surface area contributed by atoms with Crippen LogP contribution in [-0.4, -0.2) is 51.8 Å². The molecule has 0 atom stereocenters. The molecule has 110 valence electrons. The van der Waals surface area contributed by atoms with Gasteiger partial charge in [0, 0.05) is 13.1 Å². The molecule has 1 aliphatic rings. The van der Waals surface area contributed by atoms with Crippen molar-refractivity contribution in [3.05, 3.63) is 29.3 Å². The number of morpholine rings is 1. The number of amides is 1. The molecule has 6 nitrogen and oxygen atoms in total. The van der Waals surface area contributed by atoms with Gasteiger partial charge in [0.05, 0.1) is 25.0 Å². The second-order valence-electron chi connectivity index (χ2n) is 4.69. The Morgan fingerprint density at radius 2 is 1.95 bits per heavy atom. The molecule has 1 saturated heterocycles. The molecule has 2 rings (SSSR count). The van der Waals surface area contributed by atoms with E-state index < -0.39 is 10.1 Å². The maximum Gasteiger partial charge on any atom is 0.306 e. The summed E-state index contributed by atoms with van der Waals surface area (Å²) in [5.74, 6) is -0.170. The Bertz CT molecular complexity index is 605. The van der Waals surface area contributed by atoms with Crippen molar-refractivity contribution >= 4 is 16.0 Å². The van der Waals surface area contributed by atoms with Crippen LogP contribution in [0.15, 0.2) is 18.2 Å². The van der Waals surface area contributed by atoms with Crippen molar-refractivity contribution in [2.75, 3.05) is 32.6 Å². The highest BCUT2D eigenvalue weighted by molar-refractivity contribution is 7.86. The van der Waals surface area contributed by atoms with Gasteiger partial charge in [-0.15, -0.1) is 0 Å². The summed E-state index contributed by atoms with van der Waals surface area (Å²) in [5.41, 5.74) is 1.07. The number of ether oxygens (including phenoxy) is 1. The number of benzene rings is 1. The zero-order valence-electron chi connectivity index (χ0n) is 11.5. The molecular weight excluding hydrogens is 282 g/mol. The lowest BCUT2D eigenvalue weighted by molar-refractivity contribution is 0.0302. The van der Waals surface area contributed by atoms with Gasteiger partial charge in [0.1, 0.15) is 0 Å². The monoisotopic (exact) mass is 299 g/mol. The van der Waals surface area contributed by atoms with Crippen molar-refractivity contribution in [1.29, 1.82) is 0 Å². The summed E-state index contributed by atoms with van der Waals surface area (Å²) in [6.45, 7) is 3.76. The molecule has 0 N–H and O–H groups in total. The van der Waals surface area contributed by atoms with E-state index in [2.05, 4.69) is 0 Å². The number of carbonyl (C=O) groups excluding carboxylic acids is 1. The molecule has 1 fully saturated rings. The van der Waals surface area contributed by atoms with Gasteiger partial charge in [-0.2, -0.15) is 8.42 Å². The minimum Gasteiger partial charge on any atom is -0.382 e. The lowest BCUT2D eigenvalue weighted by atomic mass is 10.1. The van der Waals surface area contributed by atoms with Gasteiger partial charge in [-0.3, -0.25) is 4.79 Å². The van der Waals surface area contributed by atoms with E-state index in [1.54, 1.807) is 30.0 Å². The zero-order valence-corrected chi connectivity index (χ0v) is 12.3. The van der Waals surface area contributed by atoms with Gasteiger partial charge in [-0.05, 0) is 24.6 Å². The average molecular weight is 299 g/mol. The first kappa shape index (κ1) is 14.8. The number of rotatable bonds is 3. The largest absolute Gasteiger partial charge is 0.382 e. The van der Waals surface area contributed by atoms with Crippen molar-refractivity contribution in [3.63, 3.8) is 0 Å². The molecule has 1 aromatic rings. The summed E-state index contributed by atoms with van der Waals surface area (Å²) in [7, 11) is -3.68. The summed E-state index contributed by atoms with van der Waals surface area (Å²) >= 11 is 0. The molecular formula is C13H17NO5S. The van der Waals surface area contributed by atoms with Crippen molar-refractivity contribution in [2.45, 2.75) is 6.92 Å². The van der Waals surface area contributed by atoms with Crippen molar-refractivity contribution < 1.29 is 22.1 Å². The predicted molar refractivity (Wildman–Crippen MR) is 73.4 cm³/mol. The number of hydrogen-bond donors (Lipinski definition) is 0. The highest BCUT2D eigenvalue weighted by Gasteiger charge is 2.23. The molecule has 0 unspecified atom stereocenters. The van der Waals surface area contributed by atoms with Gasteiger partial charge in [-0.1, -0.05) is 6.07 Å². The van der Waals surface area contributed by atoms with E-state index in [1.165, 1.54) is 0 Å². The van der Waals surface area contributed by atoms with Gasteiger partial charge in [-0.25, -0.2) is 0 Å². The van der Waals surface area contributed by atoms with Crippen LogP contribution in [0.25, 0.3) is 0 Å². The second-order valence-corrected chi connectivity index (χ2v) is 6.27. The molecule has 0 aliphatic carbocycles. The van der Waals surface area contributed by atoms with Gasteiger partial charge < -0.3 is 13.8 Å². The first-order valence-electron chi connectivity index (χ1n) is 6.24. The van der Waals surface area contributed by atoms with E-state index in [0.29, 0.717) is 26.3 Å². The fourth-order valence-electron chi connectivity index (χ4n) is 1.98. The molecule has 1 aliphatic heterocycles. The smallest absolute Gasteiger partial charge is 0.306 e. The number of hydrogen-bond acceptors (Lipinski definition) is 5. The Labute approximate surface area is 118 Å². The maximum absolute atomic E-state index is 12.4. The van der Waals surface area contributed by atoms with Crippen molar-refractivity contribution in [1.82, 2.24) is 4.90 Å². The van der Waals surface area contributed by atoms with Crippen LogP contribution in [0.4, 0.5) is 0 Å². The number of nitrogens with zero attached hydrogens (tertiary/aromatic N) is 1. The van der Waals surface area contributed by atoms with Crippen LogP contribution in [0.5, 0.6) is 5.75 Å². The second kappa shape index (κ2) is 5.80. The van der Waals surface area contributed by atoms with Crippen LogP contribution in [0.1, 0.15) is 15.9 Å². The maximum atomic E-state index is 12.4. The van der Waals surface area contributed by atoms with Crippen molar-refractivity contribution in [2.24, 2.45) is 0 Å². The highest BCUT2D eigenvalue weighted by atomic mass is 32.2. The topological polar surface area (TPSA) is 72.9 Å². The number of aryl methyl sites for hydroxylation is 1. The molecule has 0 saturated carbocycles. The Balaban J connectivity index is 2.32. The average Bonchev–Trinajstić information content (AvgIpc) is 2.37. The molecule has 0 radical (unpaired) electrons. The molecule has 0 bridgehead atoms. The first-order valence-corrected chi connectivity index (χ1v) is 8.05. The quantitative estimate of drug-likeness (QED) is 0.772. The van der Waals surface area contributed by atoms with Gasteiger partial charge in [0.2, 0.25) is 0 Å². The summed E-state index contributed by atoms with van der Waals surface area (Å²) in [5, 5.41) is 0. The van der Waals surface area contributed by atoms with Gasteiger partial charge in [0.25, 0.3) is 5.91 Å². The van der Waals surface area contributed by atoms with Crippen molar-refractivity contribution in [3.8, 4) is 5.75 Å². The zero-order chi connectivity index (χ0) is 14.8. The summed E-state index contributed by atoms with van der Waals surface area (Å²) in [6, 6.07) is 4.89. The predicted octanol–water partition coefficient (Wildman–Crippen LogP) is 0.806. The lowest BCUT2D eigenvalue weighted by Crippen LogP contribution is -2.40. The third kappa shape index (κ3) is 3.71. The molecule has 20 heavy (non-hydrogen) atoms. The van der Waals surface area contributed by atoms with Crippen LogP contribution < -0.4 is 4.18 Å². The van der Waals surface area contributed by atoms with Gasteiger partial charge >= 0.3 is 10.1 Å². The van der Waals surface area contributed by atoms with Crippen LogP contribution in [0.2, 0.25) is 0 Å². The molecule has 1 aromatic carbocycles. The molecule has 1 amide bonds. The highest BCUT2D eigenvalue weighted by Crippen LogP contribution is 2.23. The van der Waals surface area contributed by atoms with E-state index in [4.69, 9.17) is 8.92 Å². The molecule has 0 aromatic heterocycles. The summed E-state index contributed by atoms with van der Waals surface area (Å²) in [4.78, 5) is 14.0. The van der Waals surface area contributed by atoms with Crippen LogP contribution in [0.3, 0.4) is 0 Å². The van der Waals surface area contributed by atoms with E-state index in [1.807, 2.05) is 0 Å². The molecule has 0 spiro atoms. The Hall–Kier alpha value is -1.60. The Morgan fingerprint density at radius 3 is 2.55 bits per heavy atom. The van der Waals surface area contributed by atoms with Crippen LogP contribution in [0, 0.1) is 6.92 Å². The van der Waals surface area contributed by atoms with E-state index in [9.17, 15) is 13.2 Å². The van der Waals surface area contributed by atoms with Crippen LogP contribution >= 0.6 is 0 Å². The SMILES string of the molecule is Cc1ccc(C(=O)N2CCOCC2)c(OS(C)(=O)=O)c1. The minimum absolute atomic E-state index is 0.0731. The molecule has 7 heteroatoms. The van der Waals surface area contributed by atoms with E-state index >= 15 is 0 Å². The summed E-state index contributed by atoms with van der Waals surface area (Å²) in [6.07, 6.45) is 0.957. The fraction of sp³-hybridized carbons (Fsp3) is 0.462. The normalized spacial score (nSPS) is 16.0. The van der Waals surface area contributed by atoms with Gasteiger partial charge in [0.15, 0.2) is 5.75 Å². The minimum atomic E-state index is -3.68. The third-order valence-corrected chi connectivity index (χ3v) is 3.39. The van der Waals surface area contributed by atoms with E-state index in [0.717, 1.165) is 11.8 Å². The Morgan fingerprint density at radius 1 is 1.30 bits per heavy atom. The fourth-order valence-corrected chi connectivity index (χ4v) is 2.44. The first-order chi connectivity index (χ1) is 9.37. The van der Waals surface area contributed by atoms with E-state index in [-0.39, 0.29) is 17.2 Å². The lowest BCUT2D eigenvalue weighted by Gasteiger charge is -2.27. The van der Waals surface area contributed by atoms with Crippen LogP contribution in [-0.2, 0) is 14.9 Å². The summed E-state index contributed by atoms with van der Waals surface area (Å²) < 4.78 is 32.7. The molecule has 1 heterocycles. The Kier molecular flexibility index (Phi) is 4.29.